The highest BCUT2D eigenvalue weighted by atomic mass is 16.5. The summed E-state index contributed by atoms with van der Waals surface area (Å²) in [6.45, 7) is 4.08. The largest absolute Gasteiger partial charge is 0.469 e. The molecule has 0 aromatic rings. The van der Waals surface area contributed by atoms with E-state index in [-0.39, 0.29) is 37.0 Å². The zero-order chi connectivity index (χ0) is 19.6. The highest BCUT2D eigenvalue weighted by molar-refractivity contribution is 5.71. The van der Waals surface area contributed by atoms with Gasteiger partial charge in [-0.3, -0.25) is 9.59 Å². The summed E-state index contributed by atoms with van der Waals surface area (Å²) < 4.78 is 10.2. The quantitative estimate of drug-likeness (QED) is 0.262. The average Bonchev–Trinajstić information content (AvgIpc) is 2.64. The number of ether oxygens (including phenoxy) is 2. The number of aliphatic hydroxyl groups excluding tert-OH is 1. The molecule has 0 amide bonds. The molecule has 0 radical (unpaired) electrons. The summed E-state index contributed by atoms with van der Waals surface area (Å²) >= 11 is 0. The lowest BCUT2D eigenvalue weighted by Gasteiger charge is -2.16. The minimum Gasteiger partial charge on any atom is -0.469 e. The van der Waals surface area contributed by atoms with Crippen LogP contribution in [-0.2, 0) is 19.1 Å². The third-order valence-corrected chi connectivity index (χ3v) is 4.09. The maximum absolute atomic E-state index is 12.0. The first-order chi connectivity index (χ1) is 12.5. The van der Waals surface area contributed by atoms with Crippen molar-refractivity contribution in [1.29, 1.82) is 0 Å². The van der Waals surface area contributed by atoms with E-state index in [4.69, 9.17) is 4.74 Å². The second-order valence-corrected chi connectivity index (χ2v) is 6.42. The minimum atomic E-state index is -0.353. The fourth-order valence-corrected chi connectivity index (χ4v) is 2.37. The molecule has 26 heavy (non-hydrogen) atoms. The summed E-state index contributed by atoms with van der Waals surface area (Å²) in [5.74, 6) is -0.536. The predicted octanol–water partition coefficient (Wildman–Crippen LogP) is 4.49. The molecule has 150 valence electrons. The highest BCUT2D eigenvalue weighted by Gasteiger charge is 2.12. The zero-order valence-electron chi connectivity index (χ0n) is 16.6. The summed E-state index contributed by atoms with van der Waals surface area (Å²) in [6.07, 6.45) is 14.3. The number of methoxy groups -OCH3 is 1. The lowest BCUT2D eigenvalue weighted by atomic mass is 10.1. The van der Waals surface area contributed by atoms with E-state index < -0.39 is 0 Å². The first-order valence-electron chi connectivity index (χ1n) is 9.77. The van der Waals surface area contributed by atoms with Crippen LogP contribution in [0.4, 0.5) is 0 Å². The van der Waals surface area contributed by atoms with Gasteiger partial charge in [0.1, 0.15) is 6.10 Å². The molecular formula is C21H36O5. The molecule has 2 unspecified atom stereocenters. The van der Waals surface area contributed by atoms with E-state index in [2.05, 4.69) is 11.7 Å². The van der Waals surface area contributed by atoms with Gasteiger partial charge in [0.2, 0.25) is 0 Å². The lowest BCUT2D eigenvalue weighted by molar-refractivity contribution is -0.148. The highest BCUT2D eigenvalue weighted by Crippen LogP contribution is 2.13. The van der Waals surface area contributed by atoms with E-state index in [0.717, 1.165) is 25.7 Å². The number of carbonyl (C=O) groups is 2. The molecule has 5 heteroatoms. The van der Waals surface area contributed by atoms with E-state index in [1.54, 1.807) is 12.2 Å². The first kappa shape index (κ1) is 24.4. The number of aliphatic hydroxyl groups is 1. The Kier molecular flexibility index (Phi) is 15.8. The molecule has 0 aliphatic carbocycles. The van der Waals surface area contributed by atoms with Gasteiger partial charge in [0.15, 0.2) is 0 Å². The molecule has 0 aliphatic rings. The fraction of sp³-hybridized carbons (Fsp3) is 0.714. The van der Waals surface area contributed by atoms with Crippen molar-refractivity contribution < 1.29 is 24.2 Å². The van der Waals surface area contributed by atoms with Gasteiger partial charge in [0.25, 0.3) is 0 Å². The Bertz CT molecular complexity index is 428. The molecule has 0 fully saturated rings. The average molecular weight is 369 g/mol. The smallest absolute Gasteiger partial charge is 0.309 e. The van der Waals surface area contributed by atoms with Gasteiger partial charge < -0.3 is 14.6 Å². The number of carbonyl (C=O) groups excluding carboxylic acids is 2. The van der Waals surface area contributed by atoms with Crippen LogP contribution in [0.3, 0.4) is 0 Å². The van der Waals surface area contributed by atoms with Crippen LogP contribution in [0.1, 0.15) is 78.1 Å². The van der Waals surface area contributed by atoms with Crippen LogP contribution in [0.25, 0.3) is 0 Å². The van der Waals surface area contributed by atoms with Gasteiger partial charge in [-0.05, 0) is 25.7 Å². The van der Waals surface area contributed by atoms with Crippen LogP contribution in [0.2, 0.25) is 0 Å². The zero-order valence-corrected chi connectivity index (χ0v) is 16.6. The van der Waals surface area contributed by atoms with Crippen molar-refractivity contribution in [3.63, 3.8) is 0 Å². The lowest BCUT2D eigenvalue weighted by Crippen LogP contribution is -2.17. The van der Waals surface area contributed by atoms with Crippen LogP contribution in [0.15, 0.2) is 24.3 Å². The molecule has 0 heterocycles. The summed E-state index contributed by atoms with van der Waals surface area (Å²) in [7, 11) is 1.36. The number of hydrogen-bond acceptors (Lipinski definition) is 5. The molecule has 0 spiro atoms. The molecule has 0 rings (SSSR count). The molecular weight excluding hydrogens is 332 g/mol. The third kappa shape index (κ3) is 14.7. The monoisotopic (exact) mass is 368 g/mol. The Balaban J connectivity index is 4.34. The maximum Gasteiger partial charge on any atom is 0.309 e. The van der Waals surface area contributed by atoms with E-state index in [0.29, 0.717) is 19.3 Å². The van der Waals surface area contributed by atoms with Gasteiger partial charge in [-0.1, -0.05) is 57.4 Å². The van der Waals surface area contributed by atoms with Gasteiger partial charge in [0.05, 0.1) is 26.1 Å². The van der Waals surface area contributed by atoms with Crippen molar-refractivity contribution in [2.75, 3.05) is 7.11 Å². The van der Waals surface area contributed by atoms with Gasteiger partial charge in [-0.15, -0.1) is 0 Å². The number of rotatable bonds is 15. The van der Waals surface area contributed by atoms with Crippen LogP contribution < -0.4 is 0 Å². The van der Waals surface area contributed by atoms with Crippen molar-refractivity contribution in [1.82, 2.24) is 0 Å². The molecule has 0 saturated carbocycles. The Morgan fingerprint density at radius 2 is 1.58 bits per heavy atom. The van der Waals surface area contributed by atoms with Gasteiger partial charge >= 0.3 is 11.9 Å². The standard InChI is InChI=1S/C21H36O5/c1-4-6-7-8-14-19(15-10-12-16-20(23)25-3)26-21(24)17-11-9-13-18(22)5-2/h9-12,18-19,22H,4-8,13-17H2,1-3H3/b11-9+,12-10+. The van der Waals surface area contributed by atoms with Crippen molar-refractivity contribution in [2.45, 2.75) is 90.3 Å². The SMILES string of the molecule is CCCCCCC(C/C=C/CC(=O)OC)OC(=O)C/C=C/CC(O)CC. The van der Waals surface area contributed by atoms with Crippen molar-refractivity contribution in [2.24, 2.45) is 0 Å². The van der Waals surface area contributed by atoms with E-state index in [1.807, 2.05) is 19.1 Å². The Hall–Kier alpha value is -1.62. The van der Waals surface area contributed by atoms with Gasteiger partial charge in [-0.2, -0.15) is 0 Å². The normalized spacial score (nSPS) is 13.8. The second-order valence-electron chi connectivity index (χ2n) is 6.42. The Morgan fingerprint density at radius 3 is 2.19 bits per heavy atom. The number of unbranched alkanes of at least 4 members (excludes halogenated alkanes) is 3. The fourth-order valence-electron chi connectivity index (χ4n) is 2.37. The first-order valence-corrected chi connectivity index (χ1v) is 9.77. The van der Waals surface area contributed by atoms with E-state index in [1.165, 1.54) is 13.5 Å². The molecule has 1 N–H and O–H groups in total. The van der Waals surface area contributed by atoms with Crippen LogP contribution in [0.5, 0.6) is 0 Å². The molecule has 5 nitrogen and oxygen atoms in total. The number of hydrogen-bond donors (Lipinski definition) is 1. The predicted molar refractivity (Wildman–Crippen MR) is 104 cm³/mol. The minimum absolute atomic E-state index is 0.164. The van der Waals surface area contributed by atoms with E-state index >= 15 is 0 Å². The summed E-state index contributed by atoms with van der Waals surface area (Å²) in [4.78, 5) is 23.1. The van der Waals surface area contributed by atoms with Crippen LogP contribution in [-0.4, -0.2) is 36.4 Å². The molecule has 0 aromatic carbocycles. The summed E-state index contributed by atoms with van der Waals surface area (Å²) in [5, 5.41) is 9.48. The van der Waals surface area contributed by atoms with Gasteiger partial charge in [0, 0.05) is 6.42 Å². The van der Waals surface area contributed by atoms with Crippen molar-refractivity contribution in [3.05, 3.63) is 24.3 Å². The summed E-state index contributed by atoms with van der Waals surface area (Å²) in [6, 6.07) is 0. The van der Waals surface area contributed by atoms with Crippen LogP contribution in [0, 0.1) is 0 Å². The third-order valence-electron chi connectivity index (χ3n) is 4.09. The molecule has 0 aliphatic heterocycles. The topological polar surface area (TPSA) is 72.8 Å². The maximum atomic E-state index is 12.0. The summed E-state index contributed by atoms with van der Waals surface area (Å²) in [5.41, 5.74) is 0. The molecule has 0 aromatic heterocycles. The molecule has 0 saturated heterocycles. The van der Waals surface area contributed by atoms with Gasteiger partial charge in [-0.25, -0.2) is 0 Å². The Labute approximate surface area is 158 Å². The van der Waals surface area contributed by atoms with Crippen LogP contribution >= 0.6 is 0 Å². The second kappa shape index (κ2) is 16.8. The van der Waals surface area contributed by atoms with Crippen molar-refractivity contribution >= 4 is 11.9 Å². The van der Waals surface area contributed by atoms with Crippen molar-refractivity contribution in [3.8, 4) is 0 Å². The Morgan fingerprint density at radius 1 is 0.923 bits per heavy atom. The molecule has 2 atom stereocenters. The molecule has 0 bridgehead atoms. The van der Waals surface area contributed by atoms with E-state index in [9.17, 15) is 14.7 Å². The number of esters is 2.